The molecule has 35 heavy (non-hydrogen) atoms. The van der Waals surface area contributed by atoms with Gasteiger partial charge in [0.05, 0.1) is 19.2 Å². The number of nitrogens with two attached hydrogens (primary N) is 1. The molecule has 1 atom stereocenters. The summed E-state index contributed by atoms with van der Waals surface area (Å²) >= 11 is 0. The highest BCUT2D eigenvalue weighted by molar-refractivity contribution is 5.85. The Labute approximate surface area is 207 Å². The monoisotopic (exact) mass is 511 g/mol. The van der Waals surface area contributed by atoms with E-state index >= 15 is 4.39 Å². The van der Waals surface area contributed by atoms with Crippen molar-refractivity contribution in [3.63, 3.8) is 0 Å². The van der Waals surface area contributed by atoms with Crippen LogP contribution in [0.5, 0.6) is 5.75 Å². The van der Waals surface area contributed by atoms with Crippen molar-refractivity contribution in [2.45, 2.75) is 46.3 Å². The summed E-state index contributed by atoms with van der Waals surface area (Å²) in [5, 5.41) is 0. The SMILES string of the molecule is COc1cccc(-c2c(C)n(Cc3c(F)cccc3F)c(=O)n(C[C@@H](N)CC(C)C)c2=O)c1F.Cl. The lowest BCUT2D eigenvalue weighted by Gasteiger charge is -2.21. The molecule has 6 nitrogen and oxygen atoms in total. The molecule has 3 rings (SSSR count). The van der Waals surface area contributed by atoms with Crippen LogP contribution in [-0.2, 0) is 13.1 Å². The lowest BCUT2D eigenvalue weighted by atomic mass is 10.0. The fraction of sp³-hybridized carbons (Fsp3) is 0.360. The highest BCUT2D eigenvalue weighted by Crippen LogP contribution is 2.29. The van der Waals surface area contributed by atoms with Crippen LogP contribution in [0.1, 0.15) is 31.5 Å². The van der Waals surface area contributed by atoms with E-state index in [-0.39, 0.29) is 53.0 Å². The molecule has 1 aromatic heterocycles. The van der Waals surface area contributed by atoms with E-state index in [0.29, 0.717) is 6.42 Å². The van der Waals surface area contributed by atoms with E-state index in [4.69, 9.17) is 10.5 Å². The normalized spacial score (nSPS) is 11.9. The minimum atomic E-state index is -0.838. The van der Waals surface area contributed by atoms with Crippen LogP contribution in [0.3, 0.4) is 0 Å². The van der Waals surface area contributed by atoms with E-state index in [2.05, 4.69) is 0 Å². The molecule has 2 aromatic carbocycles. The smallest absolute Gasteiger partial charge is 0.331 e. The summed E-state index contributed by atoms with van der Waals surface area (Å²) in [6, 6.07) is 7.14. The van der Waals surface area contributed by atoms with Crippen LogP contribution in [0.4, 0.5) is 13.2 Å². The number of ether oxygens (including phenoxy) is 1. The van der Waals surface area contributed by atoms with Crippen LogP contribution in [-0.4, -0.2) is 22.3 Å². The van der Waals surface area contributed by atoms with Crippen molar-refractivity contribution < 1.29 is 17.9 Å². The van der Waals surface area contributed by atoms with E-state index in [1.165, 1.54) is 38.3 Å². The topological polar surface area (TPSA) is 79.2 Å². The van der Waals surface area contributed by atoms with Crippen molar-refractivity contribution in [2.75, 3.05) is 7.11 Å². The standard InChI is InChI=1S/C25H28F3N3O3.ClH/c1-14(2)11-16(29)12-31-24(32)22(17-7-5-10-21(34-4)23(17)28)15(3)30(25(31)33)13-18-19(26)8-6-9-20(18)27;/h5-10,14,16H,11-13,29H2,1-4H3;1H/t16-;/m0./s1. The number of benzene rings is 2. The van der Waals surface area contributed by atoms with Crippen molar-refractivity contribution in [1.29, 1.82) is 0 Å². The van der Waals surface area contributed by atoms with Gasteiger partial charge in [-0.3, -0.25) is 13.9 Å². The van der Waals surface area contributed by atoms with Gasteiger partial charge < -0.3 is 10.5 Å². The summed E-state index contributed by atoms with van der Waals surface area (Å²) in [5.74, 6) is -2.34. The van der Waals surface area contributed by atoms with E-state index in [1.54, 1.807) is 0 Å². The van der Waals surface area contributed by atoms with Crippen molar-refractivity contribution in [2.24, 2.45) is 11.7 Å². The van der Waals surface area contributed by atoms with Gasteiger partial charge in [0.1, 0.15) is 11.6 Å². The Bertz CT molecular complexity index is 1300. The molecule has 0 fully saturated rings. The number of hydrogen-bond acceptors (Lipinski definition) is 4. The molecule has 0 amide bonds. The first-order valence-corrected chi connectivity index (χ1v) is 10.9. The Morgan fingerprint density at radius 2 is 1.60 bits per heavy atom. The maximum Gasteiger partial charge on any atom is 0.331 e. The van der Waals surface area contributed by atoms with Gasteiger partial charge in [-0.1, -0.05) is 32.0 Å². The van der Waals surface area contributed by atoms with Crippen LogP contribution >= 0.6 is 12.4 Å². The second kappa shape index (κ2) is 11.6. The van der Waals surface area contributed by atoms with Crippen LogP contribution in [0.25, 0.3) is 11.1 Å². The van der Waals surface area contributed by atoms with Crippen LogP contribution < -0.4 is 21.7 Å². The van der Waals surface area contributed by atoms with Gasteiger partial charge in [0.15, 0.2) is 11.6 Å². The largest absolute Gasteiger partial charge is 0.494 e. The second-order valence-corrected chi connectivity index (χ2v) is 8.66. The zero-order valence-electron chi connectivity index (χ0n) is 20.0. The van der Waals surface area contributed by atoms with E-state index in [1.807, 2.05) is 13.8 Å². The van der Waals surface area contributed by atoms with Gasteiger partial charge in [-0.2, -0.15) is 0 Å². The minimum Gasteiger partial charge on any atom is -0.494 e. The van der Waals surface area contributed by atoms with Crippen molar-refractivity contribution in [3.05, 3.63) is 85.9 Å². The first kappa shape index (κ1) is 28.2. The molecule has 0 bridgehead atoms. The zero-order valence-corrected chi connectivity index (χ0v) is 20.8. The maximum absolute atomic E-state index is 15.2. The first-order valence-electron chi connectivity index (χ1n) is 10.9. The average Bonchev–Trinajstić information content (AvgIpc) is 2.76. The van der Waals surface area contributed by atoms with Gasteiger partial charge in [0.2, 0.25) is 0 Å². The fourth-order valence-electron chi connectivity index (χ4n) is 4.08. The van der Waals surface area contributed by atoms with Gasteiger partial charge in [-0.15, -0.1) is 12.4 Å². The number of halogens is 4. The Hall–Kier alpha value is -3.04. The molecule has 0 aliphatic carbocycles. The summed E-state index contributed by atoms with van der Waals surface area (Å²) < 4.78 is 51.0. The second-order valence-electron chi connectivity index (χ2n) is 8.66. The molecule has 0 saturated heterocycles. The fourth-order valence-corrected chi connectivity index (χ4v) is 4.08. The van der Waals surface area contributed by atoms with E-state index in [0.717, 1.165) is 21.3 Å². The highest BCUT2D eigenvalue weighted by atomic mass is 35.5. The molecule has 0 saturated carbocycles. The molecule has 10 heteroatoms. The third-order valence-corrected chi connectivity index (χ3v) is 5.71. The number of hydrogen-bond donors (Lipinski definition) is 1. The minimum absolute atomic E-state index is 0. The Balaban J connectivity index is 0.00000432. The van der Waals surface area contributed by atoms with Crippen molar-refractivity contribution in [3.8, 4) is 16.9 Å². The summed E-state index contributed by atoms with van der Waals surface area (Å²) in [5.41, 5.74) is 4.19. The summed E-state index contributed by atoms with van der Waals surface area (Å²) in [6.45, 7) is 4.73. The molecule has 0 radical (unpaired) electrons. The summed E-state index contributed by atoms with van der Waals surface area (Å²) in [4.78, 5) is 26.8. The Morgan fingerprint density at radius 3 is 2.17 bits per heavy atom. The molecule has 0 unspecified atom stereocenters. The average molecular weight is 512 g/mol. The predicted octanol–water partition coefficient (Wildman–Crippen LogP) is 4.25. The molecular weight excluding hydrogens is 483 g/mol. The lowest BCUT2D eigenvalue weighted by Crippen LogP contribution is -2.46. The van der Waals surface area contributed by atoms with Crippen LogP contribution in [0.15, 0.2) is 46.0 Å². The molecule has 0 spiro atoms. The van der Waals surface area contributed by atoms with E-state index < -0.39 is 41.3 Å². The first-order chi connectivity index (χ1) is 16.1. The number of rotatable bonds is 8. The number of aromatic nitrogens is 2. The lowest BCUT2D eigenvalue weighted by molar-refractivity contribution is 0.387. The highest BCUT2D eigenvalue weighted by Gasteiger charge is 2.24. The summed E-state index contributed by atoms with van der Waals surface area (Å²) in [7, 11) is 1.29. The third-order valence-electron chi connectivity index (χ3n) is 5.71. The van der Waals surface area contributed by atoms with Crippen LogP contribution in [0, 0.1) is 30.3 Å². The molecule has 190 valence electrons. The van der Waals surface area contributed by atoms with Gasteiger partial charge in [0.25, 0.3) is 5.56 Å². The van der Waals surface area contributed by atoms with E-state index in [9.17, 15) is 18.4 Å². The molecular formula is C25H29ClF3N3O3. The molecule has 0 aliphatic rings. The number of methoxy groups -OCH3 is 1. The number of nitrogens with zero attached hydrogens (tertiary/aromatic N) is 2. The van der Waals surface area contributed by atoms with Gasteiger partial charge in [-0.25, -0.2) is 18.0 Å². The Kier molecular flexibility index (Phi) is 9.34. The molecule has 1 heterocycles. The third kappa shape index (κ3) is 5.79. The van der Waals surface area contributed by atoms with Crippen molar-refractivity contribution >= 4 is 12.4 Å². The van der Waals surface area contributed by atoms with Gasteiger partial charge in [-0.05, 0) is 37.5 Å². The molecule has 2 N–H and O–H groups in total. The van der Waals surface area contributed by atoms with Crippen LogP contribution in [0.2, 0.25) is 0 Å². The zero-order chi connectivity index (χ0) is 25.2. The molecule has 0 aliphatic heterocycles. The predicted molar refractivity (Wildman–Crippen MR) is 132 cm³/mol. The Morgan fingerprint density at radius 1 is 1.00 bits per heavy atom. The van der Waals surface area contributed by atoms with Gasteiger partial charge in [0, 0.05) is 29.4 Å². The van der Waals surface area contributed by atoms with Crippen molar-refractivity contribution in [1.82, 2.24) is 9.13 Å². The maximum atomic E-state index is 15.2. The summed E-state index contributed by atoms with van der Waals surface area (Å²) in [6.07, 6.45) is 0.532. The van der Waals surface area contributed by atoms with Gasteiger partial charge >= 0.3 is 5.69 Å². The molecule has 3 aromatic rings. The quantitative estimate of drug-likeness (QED) is 0.490.